The maximum Gasteiger partial charge on any atom is 0.269 e. The number of nitro benzene ring substituents is 1. The van der Waals surface area contributed by atoms with Crippen LogP contribution in [0.3, 0.4) is 0 Å². The Bertz CT molecular complexity index is 308. The van der Waals surface area contributed by atoms with Gasteiger partial charge in [-0.25, -0.2) is 0 Å². The summed E-state index contributed by atoms with van der Waals surface area (Å²) >= 11 is 0. The number of non-ortho nitro benzene ring substituents is 1. The monoisotopic (exact) mass is 208 g/mol. The van der Waals surface area contributed by atoms with E-state index in [1.165, 1.54) is 12.1 Å². The van der Waals surface area contributed by atoms with E-state index in [4.69, 9.17) is 4.74 Å². The van der Waals surface area contributed by atoms with Crippen molar-refractivity contribution in [1.29, 1.82) is 0 Å². The van der Waals surface area contributed by atoms with Crippen LogP contribution < -0.4 is 4.74 Å². The van der Waals surface area contributed by atoms with Gasteiger partial charge < -0.3 is 4.74 Å². The van der Waals surface area contributed by atoms with Crippen LogP contribution in [0.25, 0.3) is 0 Å². The second kappa shape index (κ2) is 6.01. The molecule has 0 aliphatic carbocycles. The third kappa shape index (κ3) is 3.97. The first kappa shape index (κ1) is 11.5. The van der Waals surface area contributed by atoms with E-state index in [-0.39, 0.29) is 5.69 Å². The second-order valence-electron chi connectivity index (χ2n) is 3.16. The fourth-order valence-corrected chi connectivity index (χ4v) is 1.13. The molecule has 0 saturated heterocycles. The Labute approximate surface area is 89.0 Å². The summed E-state index contributed by atoms with van der Waals surface area (Å²) in [6.07, 6.45) is 2.90. The molecule has 1 aromatic rings. The van der Waals surface area contributed by atoms with Crippen LogP contribution in [0.2, 0.25) is 0 Å². The lowest BCUT2D eigenvalue weighted by atomic mass is 10.2. The van der Waals surface area contributed by atoms with Gasteiger partial charge in [-0.3, -0.25) is 10.1 Å². The molecule has 4 heteroatoms. The van der Waals surface area contributed by atoms with E-state index in [0.29, 0.717) is 12.4 Å². The number of ether oxygens (including phenoxy) is 1. The molecule has 0 spiro atoms. The van der Waals surface area contributed by atoms with Crippen molar-refractivity contribution in [3.63, 3.8) is 0 Å². The van der Waals surface area contributed by atoms with E-state index in [0.717, 1.165) is 19.3 Å². The Morgan fingerprint density at radius 3 is 2.47 bits per heavy atom. The summed E-state index contributed by atoms with van der Waals surface area (Å²) in [7, 11) is 0. The normalized spacial score (nSPS) is 9.93. The van der Waals surface area contributed by atoms with Gasteiger partial charge in [0.15, 0.2) is 0 Å². The lowest BCUT2D eigenvalue weighted by Gasteiger charge is -2.04. The highest BCUT2D eigenvalue weighted by Gasteiger charge is 2.03. The number of benzene rings is 1. The molecule has 15 heavy (non-hydrogen) atoms. The molecule has 0 aliphatic rings. The third-order valence-electron chi connectivity index (χ3n) is 1.96. The van der Waals surface area contributed by atoms with Gasteiger partial charge in [0, 0.05) is 12.1 Å². The minimum atomic E-state index is -0.424. The van der Waals surface area contributed by atoms with Crippen LogP contribution in [0.1, 0.15) is 19.3 Å². The molecular formula is C11H14NO3. The first-order valence-corrected chi connectivity index (χ1v) is 4.90. The smallest absolute Gasteiger partial charge is 0.269 e. The van der Waals surface area contributed by atoms with E-state index in [1.807, 2.05) is 0 Å². The predicted octanol–water partition coefficient (Wildman–Crippen LogP) is 2.98. The minimum Gasteiger partial charge on any atom is -0.494 e. The van der Waals surface area contributed by atoms with Crippen LogP contribution in [0.15, 0.2) is 24.3 Å². The van der Waals surface area contributed by atoms with Gasteiger partial charge in [0.25, 0.3) is 5.69 Å². The number of hydrogen-bond donors (Lipinski definition) is 0. The first-order valence-electron chi connectivity index (χ1n) is 4.90. The SMILES string of the molecule is [CH2]CCCCOc1ccc([N+](=O)[O-])cc1. The van der Waals surface area contributed by atoms with Gasteiger partial charge in [-0.05, 0) is 18.6 Å². The molecule has 1 rings (SSSR count). The molecular weight excluding hydrogens is 194 g/mol. The fourth-order valence-electron chi connectivity index (χ4n) is 1.13. The number of rotatable bonds is 6. The summed E-state index contributed by atoms with van der Waals surface area (Å²) < 4.78 is 5.39. The zero-order chi connectivity index (χ0) is 11.1. The summed E-state index contributed by atoms with van der Waals surface area (Å²) in [5, 5.41) is 10.4. The number of nitro groups is 1. The van der Waals surface area contributed by atoms with Gasteiger partial charge in [-0.1, -0.05) is 19.8 Å². The molecule has 0 bridgehead atoms. The fraction of sp³-hybridized carbons (Fsp3) is 0.364. The molecule has 0 fully saturated rings. The lowest BCUT2D eigenvalue weighted by molar-refractivity contribution is -0.384. The van der Waals surface area contributed by atoms with Crippen molar-refractivity contribution in [2.24, 2.45) is 0 Å². The van der Waals surface area contributed by atoms with E-state index < -0.39 is 4.92 Å². The molecule has 0 aliphatic heterocycles. The number of hydrogen-bond acceptors (Lipinski definition) is 3. The predicted molar refractivity (Wildman–Crippen MR) is 57.8 cm³/mol. The quantitative estimate of drug-likeness (QED) is 0.410. The van der Waals surface area contributed by atoms with Gasteiger partial charge in [0.05, 0.1) is 11.5 Å². The van der Waals surface area contributed by atoms with Gasteiger partial charge in [0.2, 0.25) is 0 Å². The molecule has 0 N–H and O–H groups in total. The van der Waals surface area contributed by atoms with E-state index in [1.54, 1.807) is 12.1 Å². The molecule has 81 valence electrons. The van der Waals surface area contributed by atoms with Crippen LogP contribution in [0, 0.1) is 17.0 Å². The highest BCUT2D eigenvalue weighted by Crippen LogP contribution is 2.17. The average Bonchev–Trinajstić information content (AvgIpc) is 2.25. The Morgan fingerprint density at radius 2 is 1.93 bits per heavy atom. The molecule has 0 amide bonds. The van der Waals surface area contributed by atoms with Crippen LogP contribution in [0.5, 0.6) is 5.75 Å². The topological polar surface area (TPSA) is 52.4 Å². The zero-order valence-corrected chi connectivity index (χ0v) is 8.52. The van der Waals surface area contributed by atoms with Crippen molar-refractivity contribution in [3.8, 4) is 5.75 Å². The van der Waals surface area contributed by atoms with Crippen molar-refractivity contribution in [2.45, 2.75) is 19.3 Å². The summed E-state index contributed by atoms with van der Waals surface area (Å²) in [6.45, 7) is 4.36. The van der Waals surface area contributed by atoms with Gasteiger partial charge >= 0.3 is 0 Å². The zero-order valence-electron chi connectivity index (χ0n) is 8.52. The van der Waals surface area contributed by atoms with Crippen molar-refractivity contribution < 1.29 is 9.66 Å². The average molecular weight is 208 g/mol. The van der Waals surface area contributed by atoms with Crippen LogP contribution in [0.4, 0.5) is 5.69 Å². The summed E-state index contributed by atoms with van der Waals surface area (Å²) in [5.41, 5.74) is 0.0834. The first-order chi connectivity index (χ1) is 7.24. The van der Waals surface area contributed by atoms with Gasteiger partial charge in [-0.15, -0.1) is 0 Å². The molecule has 4 nitrogen and oxygen atoms in total. The van der Waals surface area contributed by atoms with Crippen LogP contribution in [-0.4, -0.2) is 11.5 Å². The molecule has 0 unspecified atom stereocenters. The van der Waals surface area contributed by atoms with E-state index in [9.17, 15) is 10.1 Å². The Balaban J connectivity index is 2.39. The standard InChI is InChI=1S/C11H14NO3/c1-2-3-4-9-15-11-7-5-10(6-8-11)12(13)14/h5-8H,1-4,9H2. The van der Waals surface area contributed by atoms with Crippen molar-refractivity contribution in [3.05, 3.63) is 41.3 Å². The highest BCUT2D eigenvalue weighted by molar-refractivity contribution is 5.35. The van der Waals surface area contributed by atoms with Gasteiger partial charge in [0.1, 0.15) is 5.75 Å². The number of unbranched alkanes of at least 4 members (excludes halogenated alkanes) is 2. The van der Waals surface area contributed by atoms with Gasteiger partial charge in [-0.2, -0.15) is 0 Å². The highest BCUT2D eigenvalue weighted by atomic mass is 16.6. The summed E-state index contributed by atoms with van der Waals surface area (Å²) in [6, 6.07) is 6.11. The number of nitrogens with zero attached hydrogens (tertiary/aromatic N) is 1. The van der Waals surface area contributed by atoms with Crippen molar-refractivity contribution in [1.82, 2.24) is 0 Å². The summed E-state index contributed by atoms with van der Waals surface area (Å²) in [5.74, 6) is 0.671. The summed E-state index contributed by atoms with van der Waals surface area (Å²) in [4.78, 5) is 9.95. The Hall–Kier alpha value is -1.58. The maximum absolute atomic E-state index is 10.4. The second-order valence-corrected chi connectivity index (χ2v) is 3.16. The molecule has 0 heterocycles. The molecule has 1 radical (unpaired) electrons. The molecule has 0 atom stereocenters. The van der Waals surface area contributed by atoms with Crippen LogP contribution in [-0.2, 0) is 0 Å². The molecule has 0 saturated carbocycles. The Morgan fingerprint density at radius 1 is 1.27 bits per heavy atom. The lowest BCUT2D eigenvalue weighted by Crippen LogP contribution is -1.97. The van der Waals surface area contributed by atoms with E-state index >= 15 is 0 Å². The van der Waals surface area contributed by atoms with E-state index in [2.05, 4.69) is 6.92 Å². The maximum atomic E-state index is 10.4. The largest absolute Gasteiger partial charge is 0.494 e. The van der Waals surface area contributed by atoms with Crippen molar-refractivity contribution in [2.75, 3.05) is 6.61 Å². The van der Waals surface area contributed by atoms with Crippen LogP contribution >= 0.6 is 0 Å². The third-order valence-corrected chi connectivity index (χ3v) is 1.96. The Kier molecular flexibility index (Phi) is 4.60. The minimum absolute atomic E-state index is 0.0834. The van der Waals surface area contributed by atoms with Crippen molar-refractivity contribution >= 4 is 5.69 Å². The molecule has 1 aromatic carbocycles. The molecule has 0 aromatic heterocycles.